The molecule has 1 fully saturated rings. The third-order valence-electron chi connectivity index (χ3n) is 3.52. The molecule has 1 heterocycles. The van der Waals surface area contributed by atoms with Crippen molar-refractivity contribution in [3.8, 4) is 0 Å². The van der Waals surface area contributed by atoms with Crippen LogP contribution in [0, 0.1) is 5.82 Å². The predicted molar refractivity (Wildman–Crippen MR) is 75.4 cm³/mol. The molecule has 19 heavy (non-hydrogen) atoms. The summed E-state index contributed by atoms with van der Waals surface area (Å²) in [7, 11) is 0. The summed E-state index contributed by atoms with van der Waals surface area (Å²) < 4.78 is 19.1. The van der Waals surface area contributed by atoms with Gasteiger partial charge in [-0.2, -0.15) is 0 Å². The number of nitrogens with two attached hydrogens (primary N) is 1. The Morgan fingerprint density at radius 3 is 3.11 bits per heavy atom. The van der Waals surface area contributed by atoms with Crippen LogP contribution in [0.25, 0.3) is 0 Å². The van der Waals surface area contributed by atoms with E-state index in [9.17, 15) is 4.39 Å². The Kier molecular flexibility index (Phi) is 5.16. The maximum atomic E-state index is 13.2. The molecule has 1 unspecified atom stereocenters. The number of halogens is 1. The van der Waals surface area contributed by atoms with Gasteiger partial charge in [0.05, 0.1) is 6.10 Å². The van der Waals surface area contributed by atoms with Gasteiger partial charge in [0.25, 0.3) is 0 Å². The Bertz CT molecular complexity index is 411. The number of anilines is 1. The van der Waals surface area contributed by atoms with E-state index < -0.39 is 0 Å². The molecule has 2 rings (SSSR count). The first-order valence-corrected chi connectivity index (χ1v) is 7.07. The maximum Gasteiger partial charge on any atom is 0.123 e. The van der Waals surface area contributed by atoms with E-state index in [4.69, 9.17) is 10.5 Å². The molecule has 3 nitrogen and oxygen atoms in total. The van der Waals surface area contributed by atoms with Crippen LogP contribution < -0.4 is 5.73 Å². The van der Waals surface area contributed by atoms with Crippen molar-refractivity contribution in [2.75, 3.05) is 25.4 Å². The number of nitrogens with zero attached hydrogens (tertiary/aromatic N) is 1. The van der Waals surface area contributed by atoms with Crippen LogP contribution in [0.1, 0.15) is 31.7 Å². The number of hydrogen-bond acceptors (Lipinski definition) is 3. The summed E-state index contributed by atoms with van der Waals surface area (Å²) in [5, 5.41) is 0. The molecule has 1 saturated heterocycles. The zero-order chi connectivity index (χ0) is 13.7. The van der Waals surface area contributed by atoms with Gasteiger partial charge in [0.1, 0.15) is 5.82 Å². The van der Waals surface area contributed by atoms with Crippen molar-refractivity contribution in [1.82, 2.24) is 4.90 Å². The van der Waals surface area contributed by atoms with Crippen molar-refractivity contribution in [1.29, 1.82) is 0 Å². The molecule has 106 valence electrons. The summed E-state index contributed by atoms with van der Waals surface area (Å²) in [6.45, 7) is 5.59. The smallest absolute Gasteiger partial charge is 0.123 e. The van der Waals surface area contributed by atoms with Gasteiger partial charge in [0, 0.05) is 25.4 Å². The minimum atomic E-state index is -0.222. The second-order valence-electron chi connectivity index (χ2n) is 5.21. The first kappa shape index (κ1) is 14.3. The molecule has 0 radical (unpaired) electrons. The minimum absolute atomic E-state index is 0.222. The number of likely N-dealkylation sites (tertiary alicyclic amines) is 1. The molecule has 1 aliphatic heterocycles. The molecule has 4 heteroatoms. The molecule has 0 bridgehead atoms. The lowest BCUT2D eigenvalue weighted by molar-refractivity contribution is -0.00219. The molecular formula is C15H23FN2O. The topological polar surface area (TPSA) is 38.5 Å². The van der Waals surface area contributed by atoms with Crippen LogP contribution in [-0.2, 0) is 11.3 Å². The highest BCUT2D eigenvalue weighted by Gasteiger charge is 2.20. The zero-order valence-corrected chi connectivity index (χ0v) is 11.6. The van der Waals surface area contributed by atoms with E-state index >= 15 is 0 Å². The van der Waals surface area contributed by atoms with Gasteiger partial charge < -0.3 is 10.5 Å². The summed E-state index contributed by atoms with van der Waals surface area (Å²) in [5.74, 6) is -0.222. The van der Waals surface area contributed by atoms with Crippen molar-refractivity contribution in [3.63, 3.8) is 0 Å². The van der Waals surface area contributed by atoms with E-state index in [-0.39, 0.29) is 5.82 Å². The molecule has 1 aliphatic rings. The predicted octanol–water partition coefficient (Wildman–Crippen LogP) is 2.80. The number of benzene rings is 1. The Balaban J connectivity index is 1.93. The third kappa shape index (κ3) is 4.18. The van der Waals surface area contributed by atoms with Crippen LogP contribution >= 0.6 is 0 Å². The van der Waals surface area contributed by atoms with Gasteiger partial charge in [-0.15, -0.1) is 0 Å². The Morgan fingerprint density at radius 2 is 2.32 bits per heavy atom. The monoisotopic (exact) mass is 266 g/mol. The number of ether oxygens (including phenoxy) is 1. The normalized spacial score (nSPS) is 20.6. The average Bonchev–Trinajstić information content (AvgIpc) is 2.41. The molecule has 2 N–H and O–H groups in total. The molecule has 0 spiro atoms. The maximum absolute atomic E-state index is 13.2. The lowest BCUT2D eigenvalue weighted by Gasteiger charge is -2.32. The second-order valence-corrected chi connectivity index (χ2v) is 5.21. The van der Waals surface area contributed by atoms with Gasteiger partial charge in [0.15, 0.2) is 0 Å². The summed E-state index contributed by atoms with van der Waals surface area (Å²) >= 11 is 0. The number of nitrogen functional groups attached to an aromatic ring is 1. The number of hydrogen-bond donors (Lipinski definition) is 1. The zero-order valence-electron chi connectivity index (χ0n) is 11.6. The van der Waals surface area contributed by atoms with Crippen LogP contribution in [0.2, 0.25) is 0 Å². The molecule has 0 aromatic heterocycles. The van der Waals surface area contributed by atoms with E-state index in [0.29, 0.717) is 18.3 Å². The fourth-order valence-electron chi connectivity index (χ4n) is 2.53. The molecule has 0 aliphatic carbocycles. The fraction of sp³-hybridized carbons (Fsp3) is 0.600. The summed E-state index contributed by atoms with van der Waals surface area (Å²) in [6.07, 6.45) is 3.61. The van der Waals surface area contributed by atoms with Crippen molar-refractivity contribution in [2.45, 2.75) is 38.8 Å². The van der Waals surface area contributed by atoms with Gasteiger partial charge in [-0.05, 0) is 49.6 Å². The van der Waals surface area contributed by atoms with Crippen molar-refractivity contribution in [2.24, 2.45) is 0 Å². The molecule has 0 saturated carbocycles. The fourth-order valence-corrected chi connectivity index (χ4v) is 2.53. The Morgan fingerprint density at radius 1 is 1.47 bits per heavy atom. The standard InChI is InChI=1S/C15H23FN2O/c1-2-8-19-14-4-3-7-18(11-14)10-12-9-13(16)5-6-15(12)17/h5-6,9,14H,2-4,7-8,10-11,17H2,1H3. The quantitative estimate of drug-likeness (QED) is 0.833. The number of rotatable bonds is 5. The van der Waals surface area contributed by atoms with Crippen molar-refractivity contribution >= 4 is 5.69 Å². The molecule has 1 aromatic rings. The number of piperidine rings is 1. The minimum Gasteiger partial charge on any atom is -0.398 e. The van der Waals surface area contributed by atoms with Crippen LogP contribution in [0.4, 0.5) is 10.1 Å². The average molecular weight is 266 g/mol. The van der Waals surface area contributed by atoms with Crippen molar-refractivity contribution in [3.05, 3.63) is 29.6 Å². The van der Waals surface area contributed by atoms with Gasteiger partial charge in [-0.3, -0.25) is 4.90 Å². The molecular weight excluding hydrogens is 243 g/mol. The first-order valence-electron chi connectivity index (χ1n) is 7.07. The van der Waals surface area contributed by atoms with E-state index in [2.05, 4.69) is 11.8 Å². The SMILES string of the molecule is CCCOC1CCCN(Cc2cc(F)ccc2N)C1. The van der Waals surface area contributed by atoms with E-state index in [1.807, 2.05) is 0 Å². The summed E-state index contributed by atoms with van der Waals surface area (Å²) in [6, 6.07) is 4.58. The second kappa shape index (κ2) is 6.87. The highest BCUT2D eigenvalue weighted by molar-refractivity contribution is 5.46. The lowest BCUT2D eigenvalue weighted by Crippen LogP contribution is -2.39. The largest absolute Gasteiger partial charge is 0.398 e. The lowest BCUT2D eigenvalue weighted by atomic mass is 10.1. The summed E-state index contributed by atoms with van der Waals surface area (Å²) in [5.41, 5.74) is 7.43. The first-order chi connectivity index (χ1) is 9.19. The Hall–Kier alpha value is -1.13. The highest BCUT2D eigenvalue weighted by Crippen LogP contribution is 2.20. The molecule has 1 atom stereocenters. The van der Waals surface area contributed by atoms with E-state index in [0.717, 1.165) is 44.5 Å². The van der Waals surface area contributed by atoms with Crippen LogP contribution in [0.5, 0.6) is 0 Å². The van der Waals surface area contributed by atoms with Gasteiger partial charge in [-0.1, -0.05) is 6.92 Å². The van der Waals surface area contributed by atoms with Crippen molar-refractivity contribution < 1.29 is 9.13 Å². The van der Waals surface area contributed by atoms with Crippen LogP contribution in [0.3, 0.4) is 0 Å². The Labute approximate surface area is 114 Å². The molecule has 1 aromatic carbocycles. The highest BCUT2D eigenvalue weighted by atomic mass is 19.1. The molecule has 0 amide bonds. The van der Waals surface area contributed by atoms with E-state index in [1.165, 1.54) is 12.1 Å². The third-order valence-corrected chi connectivity index (χ3v) is 3.52. The summed E-state index contributed by atoms with van der Waals surface area (Å²) in [4.78, 5) is 2.30. The van der Waals surface area contributed by atoms with Gasteiger partial charge in [-0.25, -0.2) is 4.39 Å². The van der Waals surface area contributed by atoms with Crippen LogP contribution in [0.15, 0.2) is 18.2 Å². The van der Waals surface area contributed by atoms with E-state index in [1.54, 1.807) is 6.07 Å². The van der Waals surface area contributed by atoms with Crippen LogP contribution in [-0.4, -0.2) is 30.7 Å². The van der Waals surface area contributed by atoms with Gasteiger partial charge in [0.2, 0.25) is 0 Å². The van der Waals surface area contributed by atoms with Gasteiger partial charge >= 0.3 is 0 Å².